The summed E-state index contributed by atoms with van der Waals surface area (Å²) in [6.45, 7) is 6.61. The van der Waals surface area contributed by atoms with E-state index in [0.29, 0.717) is 0 Å². The average Bonchev–Trinajstić information content (AvgIpc) is 2.42. The molecule has 0 heteroatoms. The van der Waals surface area contributed by atoms with Gasteiger partial charge in [0.1, 0.15) is 0 Å². The summed E-state index contributed by atoms with van der Waals surface area (Å²) < 4.78 is 0. The number of hydrogen-bond donors (Lipinski definition) is 0. The summed E-state index contributed by atoms with van der Waals surface area (Å²) in [4.78, 5) is 0. The average molecular weight is 264 g/mol. The van der Waals surface area contributed by atoms with Crippen molar-refractivity contribution < 1.29 is 0 Å². The van der Waals surface area contributed by atoms with Crippen LogP contribution in [0.4, 0.5) is 0 Å². The van der Waals surface area contributed by atoms with Gasteiger partial charge in [0.15, 0.2) is 0 Å². The minimum absolute atomic E-state index is 1.28. The van der Waals surface area contributed by atoms with Gasteiger partial charge in [-0.3, -0.25) is 0 Å². The Morgan fingerprint density at radius 3 is 1.68 bits per heavy atom. The van der Waals surface area contributed by atoms with Crippen LogP contribution in [0.2, 0.25) is 0 Å². The predicted molar refractivity (Wildman–Crippen MR) is 89.6 cm³/mol. The lowest BCUT2D eigenvalue weighted by Crippen LogP contribution is -1.83. The van der Waals surface area contributed by atoms with Crippen LogP contribution in [0.5, 0.6) is 0 Å². The molecular weight excluding hydrogens is 228 g/mol. The minimum atomic E-state index is 1.28. The van der Waals surface area contributed by atoms with Crippen molar-refractivity contribution in [2.75, 3.05) is 0 Å². The van der Waals surface area contributed by atoms with Crippen LogP contribution in [0.1, 0.15) is 97.8 Å². The van der Waals surface area contributed by atoms with E-state index < -0.39 is 0 Å². The maximum atomic E-state index is 2.29. The van der Waals surface area contributed by atoms with Gasteiger partial charge in [0.25, 0.3) is 0 Å². The lowest BCUT2D eigenvalue weighted by atomic mass is 10.0. The maximum Gasteiger partial charge on any atom is -0.0320 e. The number of allylic oxidation sites excluding steroid dienone is 4. The molecule has 0 nitrogen and oxygen atoms in total. The summed E-state index contributed by atoms with van der Waals surface area (Å²) in [5, 5.41) is 0. The van der Waals surface area contributed by atoms with Crippen molar-refractivity contribution in [3.63, 3.8) is 0 Å². The summed E-state index contributed by atoms with van der Waals surface area (Å²) in [5.41, 5.74) is 1.52. The second kappa shape index (κ2) is 15.5. The van der Waals surface area contributed by atoms with Crippen LogP contribution in [-0.2, 0) is 0 Å². The van der Waals surface area contributed by atoms with E-state index in [4.69, 9.17) is 0 Å². The number of unbranched alkanes of at least 4 members (excludes halogenated alkanes) is 10. The predicted octanol–water partition coefficient (Wildman–Crippen LogP) is 7.21. The first-order chi connectivity index (χ1) is 9.31. The smallest absolute Gasteiger partial charge is 0.0320 e. The van der Waals surface area contributed by atoms with Crippen molar-refractivity contribution >= 4 is 0 Å². The Labute approximate surface area is 122 Å². The molecular formula is C19H36. The molecule has 19 heavy (non-hydrogen) atoms. The molecule has 0 aliphatic carbocycles. The second-order valence-corrected chi connectivity index (χ2v) is 5.82. The Morgan fingerprint density at radius 1 is 0.737 bits per heavy atom. The Bertz CT molecular complexity index is 222. The first-order valence-electron chi connectivity index (χ1n) is 8.59. The van der Waals surface area contributed by atoms with Crippen LogP contribution in [0, 0.1) is 0 Å². The Kier molecular flexibility index (Phi) is 15.1. The molecule has 0 spiro atoms. The summed E-state index contributed by atoms with van der Waals surface area (Å²) in [7, 11) is 0. The number of rotatable bonds is 13. The molecule has 0 unspecified atom stereocenters. The SMILES string of the molecule is C/C=C\C=C(/C)CCCCCCCCCCCCC. The first kappa shape index (κ1) is 18.5. The highest BCUT2D eigenvalue weighted by atomic mass is 14.0. The third-order valence-electron chi connectivity index (χ3n) is 3.75. The lowest BCUT2D eigenvalue weighted by Gasteiger charge is -2.03. The van der Waals surface area contributed by atoms with Crippen molar-refractivity contribution in [3.05, 3.63) is 23.8 Å². The fraction of sp³-hybridized carbons (Fsp3) is 0.789. The van der Waals surface area contributed by atoms with E-state index in [1.807, 2.05) is 0 Å². The van der Waals surface area contributed by atoms with Gasteiger partial charge in [-0.2, -0.15) is 0 Å². The molecule has 0 aliphatic rings. The zero-order chi connectivity index (χ0) is 14.2. The van der Waals surface area contributed by atoms with Gasteiger partial charge >= 0.3 is 0 Å². The second-order valence-electron chi connectivity index (χ2n) is 5.82. The van der Waals surface area contributed by atoms with Gasteiger partial charge in [-0.1, -0.05) is 94.9 Å². The van der Waals surface area contributed by atoms with E-state index in [-0.39, 0.29) is 0 Å². The van der Waals surface area contributed by atoms with Gasteiger partial charge in [-0.05, 0) is 26.7 Å². The molecule has 0 amide bonds. The quantitative estimate of drug-likeness (QED) is 0.243. The Morgan fingerprint density at radius 2 is 1.21 bits per heavy atom. The van der Waals surface area contributed by atoms with Gasteiger partial charge < -0.3 is 0 Å². The number of hydrogen-bond acceptors (Lipinski definition) is 0. The third kappa shape index (κ3) is 15.4. The monoisotopic (exact) mass is 264 g/mol. The summed E-state index contributed by atoms with van der Waals surface area (Å²) >= 11 is 0. The van der Waals surface area contributed by atoms with Crippen LogP contribution < -0.4 is 0 Å². The molecule has 0 saturated carbocycles. The summed E-state index contributed by atoms with van der Waals surface area (Å²) in [5.74, 6) is 0. The zero-order valence-electron chi connectivity index (χ0n) is 13.7. The highest BCUT2D eigenvalue weighted by molar-refractivity contribution is 5.09. The van der Waals surface area contributed by atoms with Crippen molar-refractivity contribution in [2.24, 2.45) is 0 Å². The summed E-state index contributed by atoms with van der Waals surface area (Å²) in [6.07, 6.45) is 23.5. The molecule has 0 heterocycles. The molecule has 0 atom stereocenters. The van der Waals surface area contributed by atoms with Gasteiger partial charge in [0.2, 0.25) is 0 Å². The maximum absolute atomic E-state index is 2.29. The Hall–Kier alpha value is -0.520. The minimum Gasteiger partial charge on any atom is -0.0877 e. The molecule has 112 valence electrons. The molecule has 0 N–H and O–H groups in total. The fourth-order valence-electron chi connectivity index (χ4n) is 2.41. The highest BCUT2D eigenvalue weighted by Crippen LogP contribution is 2.13. The van der Waals surface area contributed by atoms with Gasteiger partial charge in [0, 0.05) is 0 Å². The van der Waals surface area contributed by atoms with Crippen molar-refractivity contribution in [1.82, 2.24) is 0 Å². The van der Waals surface area contributed by atoms with Crippen LogP contribution in [0.25, 0.3) is 0 Å². The molecule has 0 aromatic rings. The van der Waals surface area contributed by atoms with E-state index in [2.05, 4.69) is 39.0 Å². The van der Waals surface area contributed by atoms with Crippen LogP contribution in [0.15, 0.2) is 23.8 Å². The third-order valence-corrected chi connectivity index (χ3v) is 3.75. The van der Waals surface area contributed by atoms with Crippen LogP contribution >= 0.6 is 0 Å². The molecule has 0 radical (unpaired) electrons. The lowest BCUT2D eigenvalue weighted by molar-refractivity contribution is 0.549. The topological polar surface area (TPSA) is 0 Å². The summed E-state index contributed by atoms with van der Waals surface area (Å²) in [6, 6.07) is 0. The molecule has 0 saturated heterocycles. The van der Waals surface area contributed by atoms with Gasteiger partial charge in [-0.25, -0.2) is 0 Å². The van der Waals surface area contributed by atoms with Gasteiger partial charge in [-0.15, -0.1) is 0 Å². The Balaban J connectivity index is 3.14. The molecule has 0 bridgehead atoms. The molecule has 0 aromatic carbocycles. The zero-order valence-corrected chi connectivity index (χ0v) is 13.7. The molecule has 0 fully saturated rings. The van der Waals surface area contributed by atoms with E-state index in [0.717, 1.165) is 0 Å². The van der Waals surface area contributed by atoms with E-state index >= 15 is 0 Å². The molecule has 0 aromatic heterocycles. The van der Waals surface area contributed by atoms with Crippen LogP contribution in [0.3, 0.4) is 0 Å². The standard InChI is InChI=1S/C19H36/c1-4-6-8-9-10-11-12-13-14-15-16-18-19(3)17-7-5-2/h5,7,17H,4,6,8-16,18H2,1-3H3/b7-5-,19-17+. The normalized spacial score (nSPS) is 12.5. The molecule has 0 rings (SSSR count). The van der Waals surface area contributed by atoms with E-state index in [1.165, 1.54) is 82.6 Å². The van der Waals surface area contributed by atoms with Crippen molar-refractivity contribution in [2.45, 2.75) is 97.8 Å². The van der Waals surface area contributed by atoms with Gasteiger partial charge in [0.05, 0.1) is 0 Å². The fourth-order valence-corrected chi connectivity index (χ4v) is 2.41. The van der Waals surface area contributed by atoms with E-state index in [9.17, 15) is 0 Å². The van der Waals surface area contributed by atoms with Crippen LogP contribution in [-0.4, -0.2) is 0 Å². The van der Waals surface area contributed by atoms with E-state index in [1.54, 1.807) is 0 Å². The van der Waals surface area contributed by atoms with Crippen molar-refractivity contribution in [3.8, 4) is 0 Å². The van der Waals surface area contributed by atoms with Crippen molar-refractivity contribution in [1.29, 1.82) is 0 Å². The highest BCUT2D eigenvalue weighted by Gasteiger charge is 1.93. The first-order valence-corrected chi connectivity index (χ1v) is 8.59. The molecule has 0 aliphatic heterocycles. The largest absolute Gasteiger partial charge is 0.0877 e.